The van der Waals surface area contributed by atoms with Crippen molar-refractivity contribution in [3.63, 3.8) is 0 Å². The summed E-state index contributed by atoms with van der Waals surface area (Å²) in [6.07, 6.45) is 4.84. The molecule has 1 saturated heterocycles. The third-order valence-electron chi connectivity index (χ3n) is 5.21. The van der Waals surface area contributed by atoms with Crippen LogP contribution in [0.1, 0.15) is 52.0 Å². The van der Waals surface area contributed by atoms with E-state index in [1.807, 2.05) is 6.92 Å². The number of ether oxygens (including phenoxy) is 1. The minimum absolute atomic E-state index is 0.119. The largest absolute Gasteiger partial charge is 0.450 e. The van der Waals surface area contributed by atoms with Gasteiger partial charge in [0.15, 0.2) is 5.96 Å². The van der Waals surface area contributed by atoms with Crippen LogP contribution in [0.25, 0.3) is 0 Å². The average molecular weight is 389 g/mol. The van der Waals surface area contributed by atoms with Crippen LogP contribution in [0.15, 0.2) is 35.3 Å². The Morgan fingerprint density at radius 1 is 1.29 bits per heavy atom. The third-order valence-corrected chi connectivity index (χ3v) is 5.21. The normalized spacial score (nSPS) is 16.1. The Hall–Kier alpha value is -2.24. The zero-order valence-electron chi connectivity index (χ0n) is 17.6. The van der Waals surface area contributed by atoms with E-state index in [0.717, 1.165) is 32.1 Å². The number of guanidine groups is 1. The van der Waals surface area contributed by atoms with Crippen molar-refractivity contribution in [2.75, 3.05) is 26.2 Å². The summed E-state index contributed by atoms with van der Waals surface area (Å²) in [5.41, 5.74) is 7.61. The van der Waals surface area contributed by atoms with Gasteiger partial charge in [0.25, 0.3) is 0 Å². The van der Waals surface area contributed by atoms with Crippen molar-refractivity contribution in [2.24, 2.45) is 16.1 Å². The van der Waals surface area contributed by atoms with Crippen LogP contribution in [-0.2, 0) is 11.2 Å². The molecule has 1 aromatic carbocycles. The highest BCUT2D eigenvalue weighted by molar-refractivity contribution is 5.78. The Bertz CT molecular complexity index is 623. The van der Waals surface area contributed by atoms with Gasteiger partial charge < -0.3 is 20.7 Å². The monoisotopic (exact) mass is 388 g/mol. The first-order valence-electron chi connectivity index (χ1n) is 10.4. The maximum atomic E-state index is 11.8. The van der Waals surface area contributed by atoms with Crippen molar-refractivity contribution in [3.8, 4) is 0 Å². The molecule has 0 spiro atoms. The smallest absolute Gasteiger partial charge is 0.409 e. The quantitative estimate of drug-likeness (QED) is 0.527. The van der Waals surface area contributed by atoms with Gasteiger partial charge in [-0.15, -0.1) is 0 Å². The summed E-state index contributed by atoms with van der Waals surface area (Å²) in [4.78, 5) is 18.1. The summed E-state index contributed by atoms with van der Waals surface area (Å²) < 4.78 is 5.05. The van der Waals surface area contributed by atoms with Crippen LogP contribution in [0.2, 0.25) is 0 Å². The molecule has 28 heavy (non-hydrogen) atoms. The standard InChI is InChI=1S/C22H36N4O2/c1-4-28-21(27)26-15-12-19(13-16-26)25-20(23)24-17-22(2,3)14-8-11-18-9-6-5-7-10-18/h5-7,9-10,19H,4,8,11-17H2,1-3H3,(H3,23,24,25). The highest BCUT2D eigenvalue weighted by atomic mass is 16.6. The second-order valence-corrected chi connectivity index (χ2v) is 8.31. The fraction of sp³-hybridized carbons (Fsp3) is 0.636. The van der Waals surface area contributed by atoms with Crippen LogP contribution >= 0.6 is 0 Å². The van der Waals surface area contributed by atoms with Crippen molar-refractivity contribution in [3.05, 3.63) is 35.9 Å². The van der Waals surface area contributed by atoms with Gasteiger partial charge >= 0.3 is 6.09 Å². The molecule has 6 heteroatoms. The molecule has 0 radical (unpaired) electrons. The number of nitrogens with two attached hydrogens (primary N) is 1. The molecule has 0 saturated carbocycles. The predicted molar refractivity (Wildman–Crippen MR) is 114 cm³/mol. The first-order chi connectivity index (χ1) is 13.4. The van der Waals surface area contributed by atoms with Gasteiger partial charge in [-0.3, -0.25) is 4.99 Å². The zero-order chi connectivity index (χ0) is 20.4. The summed E-state index contributed by atoms with van der Waals surface area (Å²) in [6.45, 7) is 8.81. The lowest BCUT2D eigenvalue weighted by atomic mass is 9.86. The number of rotatable bonds is 8. The van der Waals surface area contributed by atoms with Gasteiger partial charge in [-0.1, -0.05) is 44.2 Å². The molecular formula is C22H36N4O2. The topological polar surface area (TPSA) is 80.0 Å². The minimum Gasteiger partial charge on any atom is -0.450 e. The van der Waals surface area contributed by atoms with Gasteiger partial charge in [-0.2, -0.15) is 0 Å². The Balaban J connectivity index is 1.69. The first-order valence-corrected chi connectivity index (χ1v) is 10.4. The Kier molecular flexibility index (Phi) is 8.61. The number of piperidine rings is 1. The van der Waals surface area contributed by atoms with Crippen molar-refractivity contribution >= 4 is 12.1 Å². The lowest BCUT2D eigenvalue weighted by Crippen LogP contribution is -2.48. The molecule has 6 nitrogen and oxygen atoms in total. The number of carbonyl (C=O) groups is 1. The molecule has 1 aliphatic rings. The van der Waals surface area contributed by atoms with Gasteiger partial charge in [-0.05, 0) is 50.0 Å². The van der Waals surface area contributed by atoms with Crippen molar-refractivity contribution < 1.29 is 9.53 Å². The number of aliphatic imine (C=N–C) groups is 1. The van der Waals surface area contributed by atoms with Gasteiger partial charge in [-0.25, -0.2) is 4.79 Å². The van der Waals surface area contributed by atoms with Crippen molar-refractivity contribution in [2.45, 2.75) is 58.9 Å². The maximum Gasteiger partial charge on any atom is 0.409 e. The van der Waals surface area contributed by atoms with Crippen LogP contribution in [-0.4, -0.2) is 49.2 Å². The fourth-order valence-electron chi connectivity index (χ4n) is 3.47. The number of nitrogens with one attached hydrogen (secondary N) is 1. The Morgan fingerprint density at radius 3 is 2.61 bits per heavy atom. The number of nitrogens with zero attached hydrogens (tertiary/aromatic N) is 2. The zero-order valence-corrected chi connectivity index (χ0v) is 17.6. The second kappa shape index (κ2) is 10.9. The molecule has 3 N–H and O–H groups in total. The van der Waals surface area contributed by atoms with Gasteiger partial charge in [0, 0.05) is 25.7 Å². The number of carbonyl (C=O) groups excluding carboxylic acids is 1. The van der Waals surface area contributed by atoms with Crippen LogP contribution < -0.4 is 11.1 Å². The molecule has 1 aromatic rings. The number of aryl methyl sites for hydroxylation is 1. The minimum atomic E-state index is -0.222. The van der Waals surface area contributed by atoms with Gasteiger partial charge in [0.05, 0.1) is 6.61 Å². The SMILES string of the molecule is CCOC(=O)N1CCC(NC(N)=NCC(C)(C)CCCc2ccccc2)CC1. The van der Waals surface area contributed by atoms with Gasteiger partial charge in [0.2, 0.25) is 0 Å². The maximum absolute atomic E-state index is 11.8. The molecule has 2 rings (SSSR count). The molecule has 0 atom stereocenters. The molecule has 1 heterocycles. The van der Waals surface area contributed by atoms with Gasteiger partial charge in [0.1, 0.15) is 0 Å². The number of amides is 1. The lowest BCUT2D eigenvalue weighted by molar-refractivity contribution is 0.0963. The van der Waals surface area contributed by atoms with Crippen molar-refractivity contribution in [1.29, 1.82) is 0 Å². The summed E-state index contributed by atoms with van der Waals surface area (Å²) in [5, 5.41) is 3.31. The number of likely N-dealkylation sites (tertiary alicyclic amines) is 1. The van der Waals surface area contributed by atoms with E-state index in [9.17, 15) is 4.79 Å². The highest BCUT2D eigenvalue weighted by Gasteiger charge is 2.24. The number of benzene rings is 1. The Morgan fingerprint density at radius 2 is 1.96 bits per heavy atom. The van der Waals surface area contributed by atoms with E-state index in [0.29, 0.717) is 32.2 Å². The van der Waals surface area contributed by atoms with E-state index in [-0.39, 0.29) is 17.6 Å². The van der Waals surface area contributed by atoms with Crippen LogP contribution in [0.3, 0.4) is 0 Å². The second-order valence-electron chi connectivity index (χ2n) is 8.31. The molecule has 156 valence electrons. The number of hydrogen-bond donors (Lipinski definition) is 2. The van der Waals surface area contributed by atoms with E-state index in [4.69, 9.17) is 10.5 Å². The molecule has 0 unspecified atom stereocenters. The highest BCUT2D eigenvalue weighted by Crippen LogP contribution is 2.24. The van der Waals surface area contributed by atoms with E-state index < -0.39 is 0 Å². The molecular weight excluding hydrogens is 352 g/mol. The van der Waals surface area contributed by atoms with E-state index in [2.05, 4.69) is 54.5 Å². The lowest BCUT2D eigenvalue weighted by Gasteiger charge is -2.32. The number of hydrogen-bond acceptors (Lipinski definition) is 3. The molecule has 0 aliphatic carbocycles. The summed E-state index contributed by atoms with van der Waals surface area (Å²) >= 11 is 0. The predicted octanol–water partition coefficient (Wildman–Crippen LogP) is 3.56. The third kappa shape index (κ3) is 7.79. The first kappa shape index (κ1) is 22.1. The Labute approximate surface area is 169 Å². The molecule has 0 aromatic heterocycles. The van der Waals surface area contributed by atoms with Crippen LogP contribution in [0.5, 0.6) is 0 Å². The summed E-state index contributed by atoms with van der Waals surface area (Å²) in [7, 11) is 0. The summed E-state index contributed by atoms with van der Waals surface area (Å²) in [5.74, 6) is 0.505. The molecule has 1 amide bonds. The van der Waals surface area contributed by atoms with Crippen molar-refractivity contribution in [1.82, 2.24) is 10.2 Å². The van der Waals surface area contributed by atoms with E-state index >= 15 is 0 Å². The summed E-state index contributed by atoms with van der Waals surface area (Å²) in [6, 6.07) is 10.9. The molecule has 0 bridgehead atoms. The average Bonchev–Trinajstić information content (AvgIpc) is 2.68. The fourth-order valence-corrected chi connectivity index (χ4v) is 3.47. The van der Waals surface area contributed by atoms with Crippen LogP contribution in [0.4, 0.5) is 4.79 Å². The van der Waals surface area contributed by atoms with E-state index in [1.165, 1.54) is 5.56 Å². The van der Waals surface area contributed by atoms with E-state index in [1.54, 1.807) is 4.90 Å². The molecule has 1 fully saturated rings. The van der Waals surface area contributed by atoms with Crippen LogP contribution in [0, 0.1) is 5.41 Å². The molecule has 1 aliphatic heterocycles.